The molecule has 0 saturated carbocycles. The van der Waals surface area contributed by atoms with Crippen LogP contribution in [-0.4, -0.2) is 32.4 Å². The number of anilines is 1. The van der Waals surface area contributed by atoms with Crippen LogP contribution < -0.4 is 16.4 Å². The normalized spacial score (nSPS) is 13.0. The fraction of sp³-hybridized carbons (Fsp3) is 0.393. The number of carbonyl (C=O) groups excluding carboxylic acids is 2. The number of pyridine rings is 2. The zero-order chi connectivity index (χ0) is 26.8. The van der Waals surface area contributed by atoms with Crippen LogP contribution >= 0.6 is 11.3 Å². The van der Waals surface area contributed by atoms with E-state index in [1.54, 1.807) is 35.9 Å². The third-order valence-electron chi connectivity index (χ3n) is 6.93. The van der Waals surface area contributed by atoms with Gasteiger partial charge in [-0.15, -0.1) is 11.3 Å². The van der Waals surface area contributed by atoms with E-state index in [1.807, 2.05) is 0 Å². The Bertz CT molecular complexity index is 1670. The van der Waals surface area contributed by atoms with Crippen molar-refractivity contribution in [2.75, 3.05) is 11.9 Å². The molecule has 0 aromatic carbocycles. The standard InChI is InChI=1S/C28H31N5O4S/c1-3-5-9-15-33-23(29)18(16-19-24(33)30-21-13-8-10-14-32(21)27(19)35)25(34)31-26-22(28(36)37-4-2)17-11-6-7-12-20(17)38-26/h8,10,13-14,16,29H,3-7,9,11-12,15H2,1-2H3,(H,31,34). The Morgan fingerprint density at radius 2 is 2.00 bits per heavy atom. The number of carbonyl (C=O) groups is 2. The Labute approximate surface area is 223 Å². The predicted octanol–water partition coefficient (Wildman–Crippen LogP) is 4.69. The largest absolute Gasteiger partial charge is 0.462 e. The molecule has 198 valence electrons. The summed E-state index contributed by atoms with van der Waals surface area (Å²) in [5.74, 6) is -0.988. The number of unbranched alkanes of at least 4 members (excludes halogenated alkanes) is 2. The maximum absolute atomic E-state index is 13.7. The van der Waals surface area contributed by atoms with Crippen molar-refractivity contribution >= 4 is 44.9 Å². The van der Waals surface area contributed by atoms with Crippen LogP contribution in [-0.2, 0) is 24.1 Å². The lowest BCUT2D eigenvalue weighted by Gasteiger charge is -2.15. The van der Waals surface area contributed by atoms with Gasteiger partial charge in [-0.25, -0.2) is 9.78 Å². The van der Waals surface area contributed by atoms with Crippen LogP contribution in [0.1, 0.15) is 77.1 Å². The van der Waals surface area contributed by atoms with Gasteiger partial charge in [-0.05, 0) is 62.8 Å². The number of hydrogen-bond donors (Lipinski definition) is 2. The summed E-state index contributed by atoms with van der Waals surface area (Å²) in [6.45, 7) is 4.54. The van der Waals surface area contributed by atoms with Crippen LogP contribution in [0.5, 0.6) is 0 Å². The van der Waals surface area contributed by atoms with Crippen LogP contribution in [0.25, 0.3) is 16.7 Å². The topological polar surface area (TPSA) is 119 Å². The van der Waals surface area contributed by atoms with E-state index in [0.29, 0.717) is 28.4 Å². The van der Waals surface area contributed by atoms with Gasteiger partial charge in [0.1, 0.15) is 21.8 Å². The number of esters is 1. The fourth-order valence-corrected chi connectivity index (χ4v) is 6.31. The Morgan fingerprint density at radius 1 is 1.18 bits per heavy atom. The average Bonchev–Trinajstić information content (AvgIpc) is 3.28. The van der Waals surface area contributed by atoms with Gasteiger partial charge < -0.3 is 14.6 Å². The smallest absolute Gasteiger partial charge is 0.341 e. The molecule has 0 saturated heterocycles. The summed E-state index contributed by atoms with van der Waals surface area (Å²) in [4.78, 5) is 45.7. The highest BCUT2D eigenvalue weighted by Gasteiger charge is 2.28. The molecule has 0 fully saturated rings. The van der Waals surface area contributed by atoms with Crippen molar-refractivity contribution in [3.05, 3.63) is 67.9 Å². The Kier molecular flexibility index (Phi) is 7.42. The molecule has 0 atom stereocenters. The molecule has 9 nitrogen and oxygen atoms in total. The highest BCUT2D eigenvalue weighted by atomic mass is 32.1. The summed E-state index contributed by atoms with van der Waals surface area (Å²) in [6, 6.07) is 6.76. The molecule has 0 radical (unpaired) electrons. The second-order valence-corrected chi connectivity index (χ2v) is 10.5. The zero-order valence-corrected chi connectivity index (χ0v) is 22.5. The number of aromatic nitrogens is 3. The number of aryl methyl sites for hydroxylation is 2. The van der Waals surface area contributed by atoms with Crippen LogP contribution in [0, 0.1) is 5.41 Å². The maximum atomic E-state index is 13.7. The molecule has 1 aliphatic rings. The van der Waals surface area contributed by atoms with E-state index >= 15 is 0 Å². The van der Waals surface area contributed by atoms with E-state index < -0.39 is 11.9 Å². The average molecular weight is 534 g/mol. The lowest BCUT2D eigenvalue weighted by atomic mass is 9.95. The minimum absolute atomic E-state index is 0.0164. The van der Waals surface area contributed by atoms with E-state index in [-0.39, 0.29) is 28.6 Å². The second-order valence-electron chi connectivity index (χ2n) is 9.44. The summed E-state index contributed by atoms with van der Waals surface area (Å²) in [7, 11) is 0. The van der Waals surface area contributed by atoms with Gasteiger partial charge >= 0.3 is 5.97 Å². The Hall–Kier alpha value is -3.79. The molecule has 4 aromatic heterocycles. The van der Waals surface area contributed by atoms with E-state index in [2.05, 4.69) is 17.2 Å². The van der Waals surface area contributed by atoms with Gasteiger partial charge in [0.25, 0.3) is 11.5 Å². The van der Waals surface area contributed by atoms with Crippen molar-refractivity contribution in [2.45, 2.75) is 65.3 Å². The molecular formula is C28H31N5O4S. The Morgan fingerprint density at radius 3 is 2.79 bits per heavy atom. The molecule has 1 amide bonds. The monoisotopic (exact) mass is 533 g/mol. The van der Waals surface area contributed by atoms with E-state index in [4.69, 9.17) is 10.1 Å². The number of hydrogen-bond acceptors (Lipinski definition) is 7. The van der Waals surface area contributed by atoms with Crippen molar-refractivity contribution in [3.63, 3.8) is 0 Å². The first kappa shape index (κ1) is 25.8. The molecule has 10 heteroatoms. The molecule has 0 aliphatic heterocycles. The summed E-state index contributed by atoms with van der Waals surface area (Å²) in [5.41, 5.74) is 1.97. The van der Waals surface area contributed by atoms with Gasteiger partial charge in [0.15, 0.2) is 0 Å². The Balaban J connectivity index is 1.63. The SMILES string of the molecule is CCCCCn1c(=N)c(C(=O)Nc2sc3c(c2C(=O)OCC)CCCC3)cc2c(=O)n3ccccc3nc21. The molecule has 0 spiro atoms. The van der Waals surface area contributed by atoms with Gasteiger partial charge in [-0.3, -0.25) is 19.4 Å². The molecule has 0 bridgehead atoms. The molecule has 4 aromatic rings. The molecule has 38 heavy (non-hydrogen) atoms. The third-order valence-corrected chi connectivity index (χ3v) is 8.13. The molecular weight excluding hydrogens is 502 g/mol. The van der Waals surface area contributed by atoms with Gasteiger partial charge in [0.2, 0.25) is 0 Å². The molecule has 0 unspecified atom stereocenters. The van der Waals surface area contributed by atoms with Crippen LogP contribution in [0.4, 0.5) is 5.00 Å². The number of ether oxygens (including phenoxy) is 1. The minimum Gasteiger partial charge on any atom is -0.462 e. The lowest BCUT2D eigenvalue weighted by Crippen LogP contribution is -2.32. The van der Waals surface area contributed by atoms with Crippen LogP contribution in [0.3, 0.4) is 0 Å². The van der Waals surface area contributed by atoms with Gasteiger partial charge in [-0.1, -0.05) is 25.8 Å². The van der Waals surface area contributed by atoms with Gasteiger partial charge in [0.05, 0.1) is 23.1 Å². The van der Waals surface area contributed by atoms with Gasteiger partial charge in [-0.2, -0.15) is 0 Å². The van der Waals surface area contributed by atoms with Crippen molar-refractivity contribution < 1.29 is 14.3 Å². The number of amides is 1. The van der Waals surface area contributed by atoms with Gasteiger partial charge in [0, 0.05) is 17.6 Å². The van der Waals surface area contributed by atoms with Crippen molar-refractivity contribution in [3.8, 4) is 0 Å². The van der Waals surface area contributed by atoms with Crippen molar-refractivity contribution in [2.24, 2.45) is 0 Å². The maximum Gasteiger partial charge on any atom is 0.341 e. The number of nitrogens with one attached hydrogen (secondary N) is 2. The lowest BCUT2D eigenvalue weighted by molar-refractivity contribution is 0.0526. The summed E-state index contributed by atoms with van der Waals surface area (Å²) in [6.07, 6.45) is 8.00. The molecule has 1 aliphatic carbocycles. The zero-order valence-electron chi connectivity index (χ0n) is 21.6. The summed E-state index contributed by atoms with van der Waals surface area (Å²) < 4.78 is 8.41. The van der Waals surface area contributed by atoms with Crippen LogP contribution in [0.2, 0.25) is 0 Å². The van der Waals surface area contributed by atoms with E-state index in [0.717, 1.165) is 55.4 Å². The second kappa shape index (κ2) is 10.9. The van der Waals surface area contributed by atoms with E-state index in [9.17, 15) is 14.4 Å². The first-order valence-corrected chi connectivity index (χ1v) is 14.0. The minimum atomic E-state index is -0.539. The summed E-state index contributed by atoms with van der Waals surface area (Å²) >= 11 is 1.40. The van der Waals surface area contributed by atoms with Crippen molar-refractivity contribution in [1.29, 1.82) is 5.41 Å². The predicted molar refractivity (Wildman–Crippen MR) is 147 cm³/mol. The quantitative estimate of drug-likeness (QED) is 0.194. The fourth-order valence-electron chi connectivity index (χ4n) is 5.04. The number of thiophene rings is 1. The highest BCUT2D eigenvalue weighted by Crippen LogP contribution is 2.38. The molecule has 5 rings (SSSR count). The first-order valence-electron chi connectivity index (χ1n) is 13.2. The molecule has 2 N–H and O–H groups in total. The van der Waals surface area contributed by atoms with Crippen LogP contribution in [0.15, 0.2) is 35.3 Å². The first-order chi connectivity index (χ1) is 18.4. The number of rotatable bonds is 8. The van der Waals surface area contributed by atoms with Crippen molar-refractivity contribution in [1.82, 2.24) is 14.0 Å². The number of nitrogens with zero attached hydrogens (tertiary/aromatic N) is 3. The van der Waals surface area contributed by atoms with E-state index in [1.165, 1.54) is 21.8 Å². The summed E-state index contributed by atoms with van der Waals surface area (Å²) in [5, 5.41) is 12.5. The molecule has 4 heterocycles. The highest BCUT2D eigenvalue weighted by molar-refractivity contribution is 7.17. The third kappa shape index (κ3) is 4.64. The number of fused-ring (bicyclic) bond motifs is 3.